The van der Waals surface area contributed by atoms with Crippen LogP contribution in [0.25, 0.3) is 6.08 Å². The highest BCUT2D eigenvalue weighted by Gasteiger charge is 2.35. The number of benzene rings is 1. The smallest absolute Gasteiger partial charge is 0.225 e. The molecule has 0 N–H and O–H groups in total. The van der Waals surface area contributed by atoms with Crippen molar-refractivity contribution in [2.24, 2.45) is 11.8 Å². The molecule has 20 heavy (non-hydrogen) atoms. The van der Waals surface area contributed by atoms with E-state index in [-0.39, 0.29) is 0 Å². The van der Waals surface area contributed by atoms with Crippen molar-refractivity contribution in [3.63, 3.8) is 0 Å². The van der Waals surface area contributed by atoms with E-state index >= 15 is 0 Å². The molecule has 0 saturated heterocycles. The highest BCUT2D eigenvalue weighted by Crippen LogP contribution is 2.34. The number of hydrogen-bond acceptors (Lipinski definition) is 1. The maximum atomic E-state index is 12.4. The van der Waals surface area contributed by atoms with Gasteiger partial charge in [0, 0.05) is 19.0 Å². The van der Waals surface area contributed by atoms with Crippen LogP contribution in [0.1, 0.15) is 38.2 Å². The first kappa shape index (κ1) is 13.4. The molecule has 0 atom stereocenters. The Labute approximate surface area is 121 Å². The second kappa shape index (κ2) is 5.82. The fourth-order valence-electron chi connectivity index (χ4n) is 2.61. The molecule has 2 saturated carbocycles. The maximum Gasteiger partial charge on any atom is 0.225 e. The summed E-state index contributed by atoms with van der Waals surface area (Å²) in [5.41, 5.74) is 2.49. The zero-order chi connectivity index (χ0) is 13.9. The molecule has 0 aliphatic heterocycles. The van der Waals surface area contributed by atoms with E-state index in [1.165, 1.54) is 24.0 Å². The van der Waals surface area contributed by atoms with Crippen LogP contribution in [0.2, 0.25) is 0 Å². The van der Waals surface area contributed by atoms with Gasteiger partial charge in [-0.2, -0.15) is 0 Å². The van der Waals surface area contributed by atoms with Crippen LogP contribution >= 0.6 is 0 Å². The molecule has 0 radical (unpaired) electrons. The molecule has 3 rings (SSSR count). The van der Waals surface area contributed by atoms with Gasteiger partial charge in [-0.05, 0) is 44.1 Å². The molecule has 1 aromatic rings. The van der Waals surface area contributed by atoms with Crippen LogP contribution in [0.5, 0.6) is 0 Å². The van der Waals surface area contributed by atoms with Crippen molar-refractivity contribution in [2.75, 3.05) is 13.1 Å². The lowest BCUT2D eigenvalue weighted by Gasteiger charge is -2.23. The molecule has 1 aromatic carbocycles. The van der Waals surface area contributed by atoms with Crippen molar-refractivity contribution in [1.82, 2.24) is 4.90 Å². The fourth-order valence-corrected chi connectivity index (χ4v) is 2.61. The topological polar surface area (TPSA) is 20.3 Å². The Bertz CT molecular complexity index is 497. The van der Waals surface area contributed by atoms with E-state index in [1.807, 2.05) is 6.07 Å². The van der Waals surface area contributed by atoms with Gasteiger partial charge >= 0.3 is 0 Å². The summed E-state index contributed by atoms with van der Waals surface area (Å²) in [6.07, 6.45) is 6.99. The molecular weight excluding hydrogens is 246 g/mol. The van der Waals surface area contributed by atoms with E-state index < -0.39 is 0 Å². The summed E-state index contributed by atoms with van der Waals surface area (Å²) in [6, 6.07) is 10.4. The van der Waals surface area contributed by atoms with Crippen LogP contribution in [0, 0.1) is 11.8 Å². The average Bonchev–Trinajstić information content (AvgIpc) is 3.31. The number of nitrogens with zero attached hydrogens (tertiary/aromatic N) is 1. The summed E-state index contributed by atoms with van der Waals surface area (Å²) in [5.74, 6) is 1.48. The Morgan fingerprint density at radius 3 is 2.50 bits per heavy atom. The second-order valence-electron chi connectivity index (χ2n) is 6.34. The van der Waals surface area contributed by atoms with Crippen LogP contribution in [0.3, 0.4) is 0 Å². The van der Waals surface area contributed by atoms with Crippen LogP contribution < -0.4 is 0 Å². The third-order valence-electron chi connectivity index (χ3n) is 4.07. The van der Waals surface area contributed by atoms with Gasteiger partial charge in [0.15, 0.2) is 0 Å². The highest BCUT2D eigenvalue weighted by atomic mass is 16.2. The molecule has 1 amide bonds. The van der Waals surface area contributed by atoms with Crippen LogP contribution in [-0.2, 0) is 4.79 Å². The maximum absolute atomic E-state index is 12.4. The Balaban J connectivity index is 1.65. The monoisotopic (exact) mass is 269 g/mol. The van der Waals surface area contributed by atoms with Crippen molar-refractivity contribution < 1.29 is 4.79 Å². The van der Waals surface area contributed by atoms with Gasteiger partial charge in [-0.15, -0.1) is 0 Å². The summed E-state index contributed by atoms with van der Waals surface area (Å²) in [4.78, 5) is 14.5. The quantitative estimate of drug-likeness (QED) is 0.770. The third-order valence-corrected chi connectivity index (χ3v) is 4.07. The highest BCUT2D eigenvalue weighted by molar-refractivity contribution is 5.81. The molecule has 0 spiro atoms. The summed E-state index contributed by atoms with van der Waals surface area (Å²) < 4.78 is 0. The van der Waals surface area contributed by atoms with Gasteiger partial charge < -0.3 is 4.90 Å². The van der Waals surface area contributed by atoms with E-state index in [2.05, 4.69) is 42.2 Å². The first-order valence-electron chi connectivity index (χ1n) is 7.73. The number of hydrogen-bond donors (Lipinski definition) is 0. The standard InChI is InChI=1S/C18H23NO/c1-14(11-15-5-3-2-4-6-15)12-19(13-16-7-8-16)18(20)17-9-10-17/h2-6,11,16-17H,7-10,12-13H2,1H3. The summed E-state index contributed by atoms with van der Waals surface area (Å²) in [5, 5.41) is 0. The minimum absolute atomic E-state index is 0.332. The molecule has 2 nitrogen and oxygen atoms in total. The lowest BCUT2D eigenvalue weighted by Crippen LogP contribution is -2.35. The Morgan fingerprint density at radius 1 is 1.20 bits per heavy atom. The molecule has 0 heterocycles. The summed E-state index contributed by atoms with van der Waals surface area (Å²) in [7, 11) is 0. The lowest BCUT2D eigenvalue weighted by atomic mass is 10.1. The number of amides is 1. The van der Waals surface area contributed by atoms with Gasteiger partial charge in [0.05, 0.1) is 0 Å². The van der Waals surface area contributed by atoms with Crippen molar-refractivity contribution in [2.45, 2.75) is 32.6 Å². The predicted molar refractivity (Wildman–Crippen MR) is 82.1 cm³/mol. The first-order valence-corrected chi connectivity index (χ1v) is 7.73. The van der Waals surface area contributed by atoms with Gasteiger partial charge in [-0.3, -0.25) is 4.79 Å². The van der Waals surface area contributed by atoms with Crippen molar-refractivity contribution >= 4 is 12.0 Å². The van der Waals surface area contributed by atoms with Gasteiger partial charge in [0.1, 0.15) is 0 Å². The predicted octanol–water partition coefficient (Wildman–Crippen LogP) is 3.74. The van der Waals surface area contributed by atoms with Crippen LogP contribution in [0.15, 0.2) is 35.9 Å². The zero-order valence-electron chi connectivity index (χ0n) is 12.2. The second-order valence-corrected chi connectivity index (χ2v) is 6.34. The Morgan fingerprint density at radius 2 is 1.90 bits per heavy atom. The largest absolute Gasteiger partial charge is 0.338 e. The average molecular weight is 269 g/mol. The molecule has 2 heteroatoms. The third kappa shape index (κ3) is 3.72. The van der Waals surface area contributed by atoms with Gasteiger partial charge in [0.25, 0.3) is 0 Å². The summed E-state index contributed by atoms with van der Waals surface area (Å²) in [6.45, 7) is 3.89. The number of carbonyl (C=O) groups excluding carboxylic acids is 1. The Kier molecular flexibility index (Phi) is 3.90. The van der Waals surface area contributed by atoms with Crippen molar-refractivity contribution in [3.05, 3.63) is 41.5 Å². The van der Waals surface area contributed by atoms with Crippen molar-refractivity contribution in [1.29, 1.82) is 0 Å². The molecule has 0 unspecified atom stereocenters. The first-order chi connectivity index (χ1) is 9.72. The molecule has 2 aliphatic rings. The lowest BCUT2D eigenvalue weighted by molar-refractivity contribution is -0.132. The fraction of sp³-hybridized carbons (Fsp3) is 0.500. The molecule has 2 aliphatic carbocycles. The van der Waals surface area contributed by atoms with E-state index in [1.54, 1.807) is 0 Å². The van der Waals surface area contributed by atoms with E-state index in [9.17, 15) is 4.79 Å². The number of carbonyl (C=O) groups is 1. The number of rotatable bonds is 6. The van der Waals surface area contributed by atoms with Gasteiger partial charge in [-0.25, -0.2) is 0 Å². The molecule has 0 bridgehead atoms. The molecule has 0 aromatic heterocycles. The van der Waals surface area contributed by atoms with E-state index in [0.717, 1.165) is 31.8 Å². The van der Waals surface area contributed by atoms with Gasteiger partial charge in [-0.1, -0.05) is 42.0 Å². The zero-order valence-corrected chi connectivity index (χ0v) is 12.2. The minimum Gasteiger partial charge on any atom is -0.338 e. The van der Waals surface area contributed by atoms with E-state index in [0.29, 0.717) is 11.8 Å². The van der Waals surface area contributed by atoms with Crippen LogP contribution in [-0.4, -0.2) is 23.9 Å². The molecular formula is C18H23NO. The normalized spacial score (nSPS) is 18.9. The van der Waals surface area contributed by atoms with Gasteiger partial charge in [0.2, 0.25) is 5.91 Å². The Hall–Kier alpha value is -1.57. The van der Waals surface area contributed by atoms with Crippen LogP contribution in [0.4, 0.5) is 0 Å². The summed E-state index contributed by atoms with van der Waals surface area (Å²) >= 11 is 0. The SMILES string of the molecule is CC(=Cc1ccccc1)CN(CC1CC1)C(=O)C1CC1. The molecule has 2 fully saturated rings. The minimum atomic E-state index is 0.332. The van der Waals surface area contributed by atoms with Crippen molar-refractivity contribution in [3.8, 4) is 0 Å². The molecule has 106 valence electrons. The van der Waals surface area contributed by atoms with E-state index in [4.69, 9.17) is 0 Å².